The summed E-state index contributed by atoms with van der Waals surface area (Å²) >= 11 is 0. The molecule has 6 heteroatoms. The van der Waals surface area contributed by atoms with Crippen LogP contribution < -0.4 is 10.2 Å². The summed E-state index contributed by atoms with van der Waals surface area (Å²) in [5, 5.41) is 2.51. The fourth-order valence-electron chi connectivity index (χ4n) is 2.57. The number of halogens is 2. The standard InChI is InChI=1S/C14H16F2N2O2/c1-17-14(20)12-4-2-3-5-18(12)13-10(15)6-9(8-19)7-11(13)16/h6-8,12H,2-5H2,1H3,(H,17,20). The van der Waals surface area contributed by atoms with Gasteiger partial charge in [-0.25, -0.2) is 8.78 Å². The lowest BCUT2D eigenvalue weighted by Gasteiger charge is -2.36. The van der Waals surface area contributed by atoms with E-state index in [4.69, 9.17) is 0 Å². The number of nitrogens with zero attached hydrogens (tertiary/aromatic N) is 1. The first-order valence-electron chi connectivity index (χ1n) is 6.51. The number of carbonyl (C=O) groups excluding carboxylic acids is 2. The molecule has 4 nitrogen and oxygen atoms in total. The number of hydrogen-bond donors (Lipinski definition) is 1. The van der Waals surface area contributed by atoms with Crippen LogP contribution in [-0.2, 0) is 4.79 Å². The molecule has 0 radical (unpaired) electrons. The van der Waals surface area contributed by atoms with Gasteiger partial charge in [0.15, 0.2) is 0 Å². The summed E-state index contributed by atoms with van der Waals surface area (Å²) in [5.41, 5.74) is -0.291. The van der Waals surface area contributed by atoms with Crippen molar-refractivity contribution < 1.29 is 18.4 Å². The first-order chi connectivity index (χ1) is 9.58. The fraction of sp³-hybridized carbons (Fsp3) is 0.429. The zero-order chi connectivity index (χ0) is 14.7. The quantitative estimate of drug-likeness (QED) is 0.861. The van der Waals surface area contributed by atoms with Crippen molar-refractivity contribution in [1.29, 1.82) is 0 Å². The number of benzene rings is 1. The molecule has 2 rings (SSSR count). The molecule has 0 saturated carbocycles. The van der Waals surface area contributed by atoms with Gasteiger partial charge in [-0.1, -0.05) is 0 Å². The third-order valence-corrected chi connectivity index (χ3v) is 3.51. The van der Waals surface area contributed by atoms with Crippen LogP contribution in [0.3, 0.4) is 0 Å². The third kappa shape index (κ3) is 2.64. The van der Waals surface area contributed by atoms with E-state index in [0.29, 0.717) is 19.3 Å². The number of likely N-dealkylation sites (N-methyl/N-ethyl adjacent to an activating group) is 1. The molecule has 1 amide bonds. The molecule has 1 atom stereocenters. The second kappa shape index (κ2) is 5.98. The average molecular weight is 282 g/mol. The van der Waals surface area contributed by atoms with Crippen LogP contribution in [0.2, 0.25) is 0 Å². The molecule has 0 spiro atoms. The van der Waals surface area contributed by atoms with E-state index in [-0.39, 0.29) is 17.2 Å². The fourth-order valence-corrected chi connectivity index (χ4v) is 2.57. The molecule has 1 unspecified atom stereocenters. The second-order valence-corrected chi connectivity index (χ2v) is 4.77. The predicted molar refractivity (Wildman–Crippen MR) is 70.8 cm³/mol. The number of amides is 1. The Morgan fingerprint density at radius 1 is 1.35 bits per heavy atom. The van der Waals surface area contributed by atoms with Crippen LogP contribution in [-0.4, -0.2) is 31.8 Å². The molecule has 1 aliphatic rings. The summed E-state index contributed by atoms with van der Waals surface area (Å²) in [5.74, 6) is -1.89. The molecular weight excluding hydrogens is 266 g/mol. The molecular formula is C14H16F2N2O2. The van der Waals surface area contributed by atoms with Crippen LogP contribution in [0, 0.1) is 11.6 Å². The minimum atomic E-state index is -0.817. The number of piperidine rings is 1. The van der Waals surface area contributed by atoms with E-state index in [9.17, 15) is 18.4 Å². The number of hydrogen-bond acceptors (Lipinski definition) is 3. The van der Waals surface area contributed by atoms with Gasteiger partial charge in [-0.15, -0.1) is 0 Å². The molecule has 1 aromatic rings. The van der Waals surface area contributed by atoms with Gasteiger partial charge >= 0.3 is 0 Å². The van der Waals surface area contributed by atoms with Gasteiger partial charge in [0.25, 0.3) is 0 Å². The van der Waals surface area contributed by atoms with E-state index < -0.39 is 17.7 Å². The Kier molecular flexibility index (Phi) is 4.32. The monoisotopic (exact) mass is 282 g/mol. The predicted octanol–water partition coefficient (Wildman–Crippen LogP) is 1.88. The van der Waals surface area contributed by atoms with E-state index in [1.807, 2.05) is 0 Å². The SMILES string of the molecule is CNC(=O)C1CCCCN1c1c(F)cc(C=O)cc1F. The summed E-state index contributed by atoms with van der Waals surface area (Å²) in [6.45, 7) is 0.409. The largest absolute Gasteiger partial charge is 0.357 e. The molecule has 108 valence electrons. The average Bonchev–Trinajstić information content (AvgIpc) is 2.46. The molecule has 0 aliphatic carbocycles. The molecule has 0 aromatic heterocycles. The second-order valence-electron chi connectivity index (χ2n) is 4.77. The van der Waals surface area contributed by atoms with Gasteiger partial charge in [-0.3, -0.25) is 9.59 Å². The van der Waals surface area contributed by atoms with E-state index in [1.165, 1.54) is 11.9 Å². The number of aldehydes is 1. The van der Waals surface area contributed by atoms with Crippen LogP contribution in [0.1, 0.15) is 29.6 Å². The first-order valence-corrected chi connectivity index (χ1v) is 6.51. The van der Waals surface area contributed by atoms with Crippen LogP contribution in [0.4, 0.5) is 14.5 Å². The van der Waals surface area contributed by atoms with Crippen molar-refractivity contribution in [2.75, 3.05) is 18.5 Å². The van der Waals surface area contributed by atoms with E-state index in [2.05, 4.69) is 5.32 Å². The van der Waals surface area contributed by atoms with Crippen molar-refractivity contribution in [3.05, 3.63) is 29.3 Å². The highest BCUT2D eigenvalue weighted by Crippen LogP contribution is 2.30. The Labute approximate surface area is 115 Å². The van der Waals surface area contributed by atoms with E-state index in [0.717, 1.165) is 25.0 Å². The first kappa shape index (κ1) is 14.4. The Bertz CT molecular complexity index is 511. The Morgan fingerprint density at radius 2 is 2.00 bits per heavy atom. The molecule has 20 heavy (non-hydrogen) atoms. The maximum atomic E-state index is 14.1. The number of nitrogens with one attached hydrogen (secondary N) is 1. The van der Waals surface area contributed by atoms with Gasteiger partial charge in [0.1, 0.15) is 29.6 Å². The lowest BCUT2D eigenvalue weighted by Crippen LogP contribution is -2.49. The highest BCUT2D eigenvalue weighted by atomic mass is 19.1. The van der Waals surface area contributed by atoms with Gasteiger partial charge in [-0.2, -0.15) is 0 Å². The van der Waals surface area contributed by atoms with Crippen LogP contribution in [0.25, 0.3) is 0 Å². The maximum absolute atomic E-state index is 14.1. The Balaban J connectivity index is 2.42. The number of anilines is 1. The molecule has 1 aliphatic heterocycles. The molecule has 1 aromatic carbocycles. The van der Waals surface area contributed by atoms with Crippen LogP contribution >= 0.6 is 0 Å². The lowest BCUT2D eigenvalue weighted by atomic mass is 10.00. The molecule has 1 N–H and O–H groups in total. The van der Waals surface area contributed by atoms with E-state index >= 15 is 0 Å². The minimum absolute atomic E-state index is 0.0581. The number of rotatable bonds is 3. The summed E-state index contributed by atoms with van der Waals surface area (Å²) in [6, 6.07) is 1.39. The Morgan fingerprint density at radius 3 is 2.55 bits per heavy atom. The topological polar surface area (TPSA) is 49.4 Å². The zero-order valence-corrected chi connectivity index (χ0v) is 11.2. The van der Waals surface area contributed by atoms with Crippen molar-refractivity contribution >= 4 is 17.9 Å². The van der Waals surface area contributed by atoms with Crippen LogP contribution in [0.15, 0.2) is 12.1 Å². The normalized spacial score (nSPS) is 18.8. The van der Waals surface area contributed by atoms with E-state index in [1.54, 1.807) is 0 Å². The molecule has 1 saturated heterocycles. The van der Waals surface area contributed by atoms with Gasteiger partial charge < -0.3 is 10.2 Å². The minimum Gasteiger partial charge on any atom is -0.357 e. The third-order valence-electron chi connectivity index (χ3n) is 3.51. The van der Waals surface area contributed by atoms with Gasteiger partial charge in [0.05, 0.1) is 0 Å². The summed E-state index contributed by atoms with van der Waals surface area (Å²) < 4.78 is 28.1. The Hall–Kier alpha value is -1.98. The summed E-state index contributed by atoms with van der Waals surface area (Å²) in [6.07, 6.45) is 2.54. The smallest absolute Gasteiger partial charge is 0.242 e. The van der Waals surface area contributed by atoms with Crippen molar-refractivity contribution in [2.45, 2.75) is 25.3 Å². The molecule has 1 fully saturated rings. The zero-order valence-electron chi connectivity index (χ0n) is 11.2. The number of carbonyl (C=O) groups is 2. The molecule has 1 heterocycles. The highest BCUT2D eigenvalue weighted by Gasteiger charge is 2.31. The van der Waals surface area contributed by atoms with Crippen molar-refractivity contribution in [2.24, 2.45) is 0 Å². The van der Waals surface area contributed by atoms with Crippen LogP contribution in [0.5, 0.6) is 0 Å². The van der Waals surface area contributed by atoms with Gasteiger partial charge in [0, 0.05) is 19.2 Å². The highest BCUT2D eigenvalue weighted by molar-refractivity contribution is 5.85. The molecule has 0 bridgehead atoms. The van der Waals surface area contributed by atoms with Crippen molar-refractivity contribution in [3.8, 4) is 0 Å². The maximum Gasteiger partial charge on any atom is 0.242 e. The van der Waals surface area contributed by atoms with Gasteiger partial charge in [0.2, 0.25) is 5.91 Å². The lowest BCUT2D eigenvalue weighted by molar-refractivity contribution is -0.122. The van der Waals surface area contributed by atoms with Gasteiger partial charge in [-0.05, 0) is 31.4 Å². The summed E-state index contributed by atoms with van der Waals surface area (Å²) in [4.78, 5) is 23.9. The van der Waals surface area contributed by atoms with Crippen molar-refractivity contribution in [1.82, 2.24) is 5.32 Å². The van der Waals surface area contributed by atoms with Crippen molar-refractivity contribution in [3.63, 3.8) is 0 Å². The summed E-state index contributed by atoms with van der Waals surface area (Å²) in [7, 11) is 1.50.